The highest BCUT2D eigenvalue weighted by Gasteiger charge is 2.42. The van der Waals surface area contributed by atoms with Gasteiger partial charge in [0.1, 0.15) is 6.26 Å². The summed E-state index contributed by atoms with van der Waals surface area (Å²) in [5.41, 5.74) is 1.06. The smallest absolute Gasteiger partial charge is 0.257 e. The van der Waals surface area contributed by atoms with E-state index in [0.717, 1.165) is 22.9 Å². The number of benzene rings is 1. The largest absolute Gasteiger partial charge is 0.472 e. The van der Waals surface area contributed by atoms with Crippen molar-refractivity contribution in [2.75, 3.05) is 26.3 Å². The van der Waals surface area contributed by atoms with Crippen molar-refractivity contribution in [3.63, 3.8) is 0 Å². The molecule has 2 aliphatic heterocycles. The Bertz CT molecular complexity index is 836. The normalized spacial score (nSPS) is 19.7. The van der Waals surface area contributed by atoms with Crippen LogP contribution in [0.25, 0.3) is 0 Å². The summed E-state index contributed by atoms with van der Waals surface area (Å²) in [4.78, 5) is 27.7. The Balaban J connectivity index is 1.41. The second-order valence-corrected chi connectivity index (χ2v) is 8.67. The number of hydrogen-bond donors (Lipinski definition) is 1. The Labute approximate surface area is 178 Å². The van der Waals surface area contributed by atoms with Gasteiger partial charge in [0.2, 0.25) is 5.91 Å². The Morgan fingerprint density at radius 3 is 2.38 bits per heavy atom. The standard InChI is InChI=1S/C22H25BrN2O4/c23-18-3-1-17(2-4-18)22(8-13-28-14-9-22)21(27)24-19-5-10-25(11-6-19)20(26)16-7-12-29-15-16/h1-4,7,12,15,19H,5-6,8-11,13-14H2,(H,24,27). The second kappa shape index (κ2) is 8.71. The molecular formula is C22H25BrN2O4. The average Bonchev–Trinajstić information content (AvgIpc) is 3.30. The van der Waals surface area contributed by atoms with E-state index in [1.807, 2.05) is 29.2 Å². The van der Waals surface area contributed by atoms with Crippen LogP contribution in [0.15, 0.2) is 51.7 Å². The van der Waals surface area contributed by atoms with Crippen LogP contribution < -0.4 is 5.32 Å². The zero-order valence-corrected chi connectivity index (χ0v) is 17.8. The van der Waals surface area contributed by atoms with Gasteiger partial charge in [0.25, 0.3) is 5.91 Å². The van der Waals surface area contributed by atoms with Gasteiger partial charge in [-0.3, -0.25) is 9.59 Å². The molecule has 4 rings (SSSR count). The molecule has 29 heavy (non-hydrogen) atoms. The van der Waals surface area contributed by atoms with Crippen LogP contribution in [0.1, 0.15) is 41.6 Å². The predicted molar refractivity (Wildman–Crippen MR) is 112 cm³/mol. The van der Waals surface area contributed by atoms with Crippen molar-refractivity contribution in [1.82, 2.24) is 10.2 Å². The summed E-state index contributed by atoms with van der Waals surface area (Å²) in [5.74, 6) is 0.0574. The Morgan fingerprint density at radius 2 is 1.76 bits per heavy atom. The predicted octanol–water partition coefficient (Wildman–Crippen LogP) is 3.51. The molecule has 1 aromatic carbocycles. The molecule has 2 aromatic rings. The van der Waals surface area contributed by atoms with E-state index in [4.69, 9.17) is 9.15 Å². The van der Waals surface area contributed by atoms with Gasteiger partial charge in [0, 0.05) is 36.8 Å². The number of likely N-dealkylation sites (tertiary alicyclic amines) is 1. The third kappa shape index (κ3) is 4.26. The van der Waals surface area contributed by atoms with Gasteiger partial charge in [-0.05, 0) is 49.4 Å². The highest BCUT2D eigenvalue weighted by Crippen LogP contribution is 2.36. The van der Waals surface area contributed by atoms with Crippen molar-refractivity contribution in [1.29, 1.82) is 0 Å². The molecule has 0 atom stereocenters. The van der Waals surface area contributed by atoms with E-state index in [2.05, 4.69) is 21.2 Å². The lowest BCUT2D eigenvalue weighted by molar-refractivity contribution is -0.131. The maximum absolute atomic E-state index is 13.4. The fraction of sp³-hybridized carbons (Fsp3) is 0.455. The van der Waals surface area contributed by atoms with E-state index in [9.17, 15) is 9.59 Å². The number of rotatable bonds is 4. The minimum atomic E-state index is -0.553. The van der Waals surface area contributed by atoms with E-state index in [1.54, 1.807) is 6.07 Å². The van der Waals surface area contributed by atoms with E-state index >= 15 is 0 Å². The van der Waals surface area contributed by atoms with Crippen LogP contribution in [0.4, 0.5) is 0 Å². The molecule has 6 nitrogen and oxygen atoms in total. The van der Waals surface area contributed by atoms with Gasteiger partial charge in [0.15, 0.2) is 0 Å². The lowest BCUT2D eigenvalue weighted by atomic mass is 9.73. The number of piperidine rings is 1. The number of ether oxygens (including phenoxy) is 1. The first-order valence-corrected chi connectivity index (χ1v) is 10.8. The molecule has 2 amide bonds. The molecule has 0 aliphatic carbocycles. The van der Waals surface area contributed by atoms with Gasteiger partial charge < -0.3 is 19.4 Å². The summed E-state index contributed by atoms with van der Waals surface area (Å²) in [5, 5.41) is 3.27. The molecule has 2 saturated heterocycles. The van der Waals surface area contributed by atoms with E-state index < -0.39 is 5.41 Å². The van der Waals surface area contributed by atoms with Crippen LogP contribution in [-0.2, 0) is 14.9 Å². The summed E-state index contributed by atoms with van der Waals surface area (Å²) in [6, 6.07) is 9.79. The molecule has 0 unspecified atom stereocenters. The minimum absolute atomic E-state index is 0.0145. The summed E-state index contributed by atoms with van der Waals surface area (Å²) in [7, 11) is 0. The van der Waals surface area contributed by atoms with Crippen LogP contribution in [0, 0.1) is 0 Å². The van der Waals surface area contributed by atoms with E-state index in [1.165, 1.54) is 12.5 Å². The maximum atomic E-state index is 13.4. The Kier molecular flexibility index (Phi) is 6.06. The average molecular weight is 461 g/mol. The molecule has 1 aromatic heterocycles. The topological polar surface area (TPSA) is 71.8 Å². The molecule has 2 fully saturated rings. The third-order valence-electron chi connectivity index (χ3n) is 6.06. The van der Waals surface area contributed by atoms with Gasteiger partial charge in [-0.2, -0.15) is 0 Å². The van der Waals surface area contributed by atoms with Gasteiger partial charge >= 0.3 is 0 Å². The van der Waals surface area contributed by atoms with Crippen molar-refractivity contribution in [3.8, 4) is 0 Å². The number of nitrogens with zero attached hydrogens (tertiary/aromatic N) is 1. The zero-order valence-electron chi connectivity index (χ0n) is 16.2. The van der Waals surface area contributed by atoms with E-state index in [-0.39, 0.29) is 17.9 Å². The fourth-order valence-electron chi connectivity index (χ4n) is 4.25. The molecule has 3 heterocycles. The monoisotopic (exact) mass is 460 g/mol. The minimum Gasteiger partial charge on any atom is -0.472 e. The molecule has 154 valence electrons. The van der Waals surface area contributed by atoms with Crippen molar-refractivity contribution < 1.29 is 18.7 Å². The van der Waals surface area contributed by atoms with Gasteiger partial charge in [-0.25, -0.2) is 0 Å². The molecule has 7 heteroatoms. The molecular weight excluding hydrogens is 436 g/mol. The number of carbonyl (C=O) groups is 2. The number of carbonyl (C=O) groups excluding carboxylic acids is 2. The number of amides is 2. The summed E-state index contributed by atoms with van der Waals surface area (Å²) in [6.45, 7) is 2.43. The summed E-state index contributed by atoms with van der Waals surface area (Å²) in [6.07, 6.45) is 5.85. The van der Waals surface area contributed by atoms with Crippen LogP contribution in [0.2, 0.25) is 0 Å². The van der Waals surface area contributed by atoms with Gasteiger partial charge in [-0.15, -0.1) is 0 Å². The first kappa shape index (κ1) is 20.2. The number of halogens is 1. The lowest BCUT2D eigenvalue weighted by Gasteiger charge is -2.39. The second-order valence-electron chi connectivity index (χ2n) is 7.75. The first-order valence-electron chi connectivity index (χ1n) is 10.0. The molecule has 0 saturated carbocycles. The van der Waals surface area contributed by atoms with Crippen molar-refractivity contribution >= 4 is 27.7 Å². The van der Waals surface area contributed by atoms with Crippen molar-refractivity contribution in [2.24, 2.45) is 0 Å². The molecule has 0 radical (unpaired) electrons. The highest BCUT2D eigenvalue weighted by atomic mass is 79.9. The quantitative estimate of drug-likeness (QED) is 0.757. The third-order valence-corrected chi connectivity index (χ3v) is 6.59. The summed E-state index contributed by atoms with van der Waals surface area (Å²) < 4.78 is 11.6. The molecule has 1 N–H and O–H groups in total. The van der Waals surface area contributed by atoms with Gasteiger partial charge in [-0.1, -0.05) is 28.1 Å². The zero-order chi connectivity index (χ0) is 20.3. The van der Waals surface area contributed by atoms with E-state index in [0.29, 0.717) is 44.7 Å². The van der Waals surface area contributed by atoms with Crippen LogP contribution in [0.5, 0.6) is 0 Å². The van der Waals surface area contributed by atoms with Crippen LogP contribution in [-0.4, -0.2) is 49.1 Å². The van der Waals surface area contributed by atoms with Crippen molar-refractivity contribution in [3.05, 3.63) is 58.5 Å². The lowest BCUT2D eigenvalue weighted by Crippen LogP contribution is -2.53. The maximum Gasteiger partial charge on any atom is 0.257 e. The van der Waals surface area contributed by atoms with Crippen LogP contribution >= 0.6 is 15.9 Å². The Hall–Kier alpha value is -2.12. The molecule has 0 spiro atoms. The highest BCUT2D eigenvalue weighted by molar-refractivity contribution is 9.10. The van der Waals surface area contributed by atoms with Crippen molar-refractivity contribution in [2.45, 2.75) is 37.1 Å². The van der Waals surface area contributed by atoms with Gasteiger partial charge in [0.05, 0.1) is 17.2 Å². The number of hydrogen-bond acceptors (Lipinski definition) is 4. The first-order chi connectivity index (χ1) is 14.1. The SMILES string of the molecule is O=C(c1ccoc1)N1CCC(NC(=O)C2(c3ccc(Br)cc3)CCOCC2)CC1. The number of furan rings is 1. The fourth-order valence-corrected chi connectivity index (χ4v) is 4.52. The Morgan fingerprint density at radius 1 is 1.07 bits per heavy atom. The number of nitrogens with one attached hydrogen (secondary N) is 1. The summed E-state index contributed by atoms with van der Waals surface area (Å²) >= 11 is 3.47. The molecule has 2 aliphatic rings. The van der Waals surface area contributed by atoms with Crippen LogP contribution in [0.3, 0.4) is 0 Å². The molecule has 0 bridgehead atoms.